The van der Waals surface area contributed by atoms with E-state index in [2.05, 4.69) is 16.9 Å². The summed E-state index contributed by atoms with van der Waals surface area (Å²) in [4.78, 5) is 57.3. The zero-order chi connectivity index (χ0) is 30.1. The van der Waals surface area contributed by atoms with Gasteiger partial charge < -0.3 is 29.0 Å². The average molecular weight is 570 g/mol. The van der Waals surface area contributed by atoms with Crippen LogP contribution >= 0.6 is 0 Å². The summed E-state index contributed by atoms with van der Waals surface area (Å²) in [6.07, 6.45) is 0.656. The Bertz CT molecular complexity index is 1390. The molecule has 0 bridgehead atoms. The Labute approximate surface area is 237 Å². The standard InChI is InChI=1S/C29H35N3O9/c1-8-16-14-29(16,26(35)39-7)31-24(33)22-12-18(15-32(22)27(36)41-28(2,3)4)40-23-13-21(25(34)38-6)30-20-11-17(37-5)9-10-19(20)23/h8-11,13,16,18,22H,1,12,14-15H2,2-7H3,(H,31,33). The number of nitrogens with zero attached hydrogens (tertiary/aromatic N) is 2. The molecule has 0 spiro atoms. The largest absolute Gasteiger partial charge is 0.497 e. The number of aromatic nitrogens is 1. The van der Waals surface area contributed by atoms with E-state index in [0.29, 0.717) is 28.8 Å². The van der Waals surface area contributed by atoms with Crippen LogP contribution in [0.1, 0.15) is 44.1 Å². The first kappa shape index (κ1) is 29.6. The molecule has 12 nitrogen and oxygen atoms in total. The molecular weight excluding hydrogens is 534 g/mol. The van der Waals surface area contributed by atoms with Crippen molar-refractivity contribution in [2.24, 2.45) is 5.92 Å². The van der Waals surface area contributed by atoms with E-state index in [9.17, 15) is 19.2 Å². The fourth-order valence-electron chi connectivity index (χ4n) is 4.93. The second-order valence-corrected chi connectivity index (χ2v) is 11.0. The topological polar surface area (TPSA) is 143 Å². The molecule has 2 amide bonds. The number of carbonyl (C=O) groups excluding carboxylic acids is 4. The maximum Gasteiger partial charge on any atom is 0.411 e. The molecule has 4 rings (SSSR count). The fraction of sp³-hybridized carbons (Fsp3) is 0.483. The van der Waals surface area contributed by atoms with Crippen molar-refractivity contribution in [1.82, 2.24) is 15.2 Å². The Morgan fingerprint density at radius 2 is 1.85 bits per heavy atom. The van der Waals surface area contributed by atoms with Crippen LogP contribution in [0.15, 0.2) is 36.9 Å². The van der Waals surface area contributed by atoms with Gasteiger partial charge in [-0.1, -0.05) is 6.08 Å². The second-order valence-electron chi connectivity index (χ2n) is 11.0. The van der Waals surface area contributed by atoms with Crippen molar-refractivity contribution in [3.63, 3.8) is 0 Å². The quantitative estimate of drug-likeness (QED) is 0.286. The fourth-order valence-corrected chi connectivity index (χ4v) is 4.93. The van der Waals surface area contributed by atoms with Gasteiger partial charge in [0.15, 0.2) is 5.69 Å². The summed E-state index contributed by atoms with van der Waals surface area (Å²) in [5, 5.41) is 3.38. The number of esters is 2. The number of ether oxygens (including phenoxy) is 5. The van der Waals surface area contributed by atoms with Gasteiger partial charge in [-0.15, -0.1) is 6.58 Å². The summed E-state index contributed by atoms with van der Waals surface area (Å²) >= 11 is 0. The van der Waals surface area contributed by atoms with Crippen LogP contribution in [0.5, 0.6) is 11.5 Å². The molecule has 1 aromatic carbocycles. The van der Waals surface area contributed by atoms with Crippen LogP contribution in [0.25, 0.3) is 10.9 Å². The highest BCUT2D eigenvalue weighted by atomic mass is 16.6. The SMILES string of the molecule is C=CC1CC1(NC(=O)C1CC(Oc2cc(C(=O)OC)nc3cc(OC)ccc23)CN1C(=O)OC(C)(C)C)C(=O)OC. The van der Waals surface area contributed by atoms with Crippen LogP contribution in [0, 0.1) is 5.92 Å². The molecular formula is C29H35N3O9. The Hall–Kier alpha value is -4.35. The number of hydrogen-bond donors (Lipinski definition) is 1. The van der Waals surface area contributed by atoms with Gasteiger partial charge in [-0.2, -0.15) is 0 Å². The number of rotatable bonds is 8. The summed E-state index contributed by atoms with van der Waals surface area (Å²) in [7, 11) is 4.01. The van der Waals surface area contributed by atoms with Crippen molar-refractivity contribution < 1.29 is 42.9 Å². The minimum atomic E-state index is -1.23. The van der Waals surface area contributed by atoms with Gasteiger partial charge in [-0.05, 0) is 39.3 Å². The zero-order valence-corrected chi connectivity index (χ0v) is 24.0. The molecule has 2 heterocycles. The van der Waals surface area contributed by atoms with E-state index in [4.69, 9.17) is 23.7 Å². The van der Waals surface area contributed by atoms with Crippen LogP contribution in [-0.4, -0.2) is 85.0 Å². The number of methoxy groups -OCH3 is 3. The van der Waals surface area contributed by atoms with E-state index in [0.717, 1.165) is 0 Å². The summed E-state index contributed by atoms with van der Waals surface area (Å²) in [6.45, 7) is 8.91. The van der Waals surface area contributed by atoms with E-state index in [1.807, 2.05) is 0 Å². The predicted molar refractivity (Wildman–Crippen MR) is 147 cm³/mol. The number of amides is 2. The number of fused-ring (bicyclic) bond motifs is 1. The first-order valence-corrected chi connectivity index (χ1v) is 13.1. The van der Waals surface area contributed by atoms with Gasteiger partial charge in [0.1, 0.15) is 34.8 Å². The lowest BCUT2D eigenvalue weighted by Crippen LogP contribution is -2.53. The maximum atomic E-state index is 13.6. The Morgan fingerprint density at radius 3 is 2.44 bits per heavy atom. The molecule has 0 radical (unpaired) electrons. The normalized spacial score (nSPS) is 23.4. The van der Waals surface area contributed by atoms with Gasteiger partial charge >= 0.3 is 18.0 Å². The molecule has 1 N–H and O–H groups in total. The van der Waals surface area contributed by atoms with Crippen molar-refractivity contribution >= 4 is 34.8 Å². The number of benzene rings is 1. The third kappa shape index (κ3) is 6.06. The van der Waals surface area contributed by atoms with Gasteiger partial charge in [0.05, 0.1) is 33.4 Å². The monoisotopic (exact) mass is 569 g/mol. The lowest BCUT2D eigenvalue weighted by atomic mass is 10.1. The first-order valence-electron chi connectivity index (χ1n) is 13.1. The van der Waals surface area contributed by atoms with Crippen molar-refractivity contribution in [2.75, 3.05) is 27.9 Å². The highest BCUT2D eigenvalue weighted by Gasteiger charge is 2.62. The van der Waals surface area contributed by atoms with Crippen molar-refractivity contribution in [2.45, 2.75) is 56.9 Å². The molecule has 2 fully saturated rings. The van der Waals surface area contributed by atoms with Crippen LogP contribution in [0.4, 0.5) is 4.79 Å². The number of carbonyl (C=O) groups is 4. The molecule has 1 aliphatic heterocycles. The van der Waals surface area contributed by atoms with Gasteiger partial charge in [-0.25, -0.2) is 19.4 Å². The molecule has 1 aromatic heterocycles. The Kier molecular flexibility index (Phi) is 8.14. The lowest BCUT2D eigenvalue weighted by molar-refractivity contribution is -0.147. The van der Waals surface area contributed by atoms with Crippen LogP contribution in [-0.2, 0) is 23.8 Å². The van der Waals surface area contributed by atoms with Crippen LogP contribution < -0.4 is 14.8 Å². The number of likely N-dealkylation sites (tertiary alicyclic amines) is 1. The van der Waals surface area contributed by atoms with Gasteiger partial charge in [0, 0.05) is 29.9 Å². The molecule has 4 unspecified atom stereocenters. The van der Waals surface area contributed by atoms with Crippen molar-refractivity contribution in [3.8, 4) is 11.5 Å². The average Bonchev–Trinajstić information content (AvgIpc) is 3.48. The zero-order valence-electron chi connectivity index (χ0n) is 24.0. The number of hydrogen-bond acceptors (Lipinski definition) is 10. The van der Waals surface area contributed by atoms with E-state index in [1.54, 1.807) is 45.0 Å². The molecule has 2 aliphatic rings. The van der Waals surface area contributed by atoms with Gasteiger partial charge in [0.25, 0.3) is 0 Å². The maximum absolute atomic E-state index is 13.6. The van der Waals surface area contributed by atoms with Crippen LogP contribution in [0.2, 0.25) is 0 Å². The van der Waals surface area contributed by atoms with Gasteiger partial charge in [0.2, 0.25) is 5.91 Å². The number of pyridine rings is 1. The van der Waals surface area contributed by atoms with E-state index in [1.165, 1.54) is 32.3 Å². The highest BCUT2D eigenvalue weighted by molar-refractivity contribution is 5.96. The summed E-state index contributed by atoms with van der Waals surface area (Å²) < 4.78 is 27.0. The van der Waals surface area contributed by atoms with Gasteiger partial charge in [-0.3, -0.25) is 9.69 Å². The first-order chi connectivity index (χ1) is 19.3. The molecule has 4 atom stereocenters. The molecule has 41 heavy (non-hydrogen) atoms. The van der Waals surface area contributed by atoms with E-state index in [-0.39, 0.29) is 24.6 Å². The van der Waals surface area contributed by atoms with E-state index >= 15 is 0 Å². The third-order valence-corrected chi connectivity index (χ3v) is 7.06. The summed E-state index contributed by atoms with van der Waals surface area (Å²) in [5.74, 6) is -1.24. The minimum Gasteiger partial charge on any atom is -0.497 e. The molecule has 1 saturated heterocycles. The summed E-state index contributed by atoms with van der Waals surface area (Å²) in [6, 6.07) is 5.58. The van der Waals surface area contributed by atoms with Crippen molar-refractivity contribution in [3.05, 3.63) is 42.6 Å². The van der Waals surface area contributed by atoms with Crippen LogP contribution in [0.3, 0.4) is 0 Å². The molecule has 2 aromatic rings. The highest BCUT2D eigenvalue weighted by Crippen LogP contribution is 2.45. The smallest absolute Gasteiger partial charge is 0.411 e. The molecule has 1 saturated carbocycles. The summed E-state index contributed by atoms with van der Waals surface area (Å²) in [5.41, 5.74) is -1.60. The Morgan fingerprint density at radius 1 is 1.12 bits per heavy atom. The molecule has 12 heteroatoms. The third-order valence-electron chi connectivity index (χ3n) is 7.06. The number of nitrogens with one attached hydrogen (secondary N) is 1. The lowest BCUT2D eigenvalue weighted by Gasteiger charge is -2.28. The second kappa shape index (κ2) is 11.3. The van der Waals surface area contributed by atoms with Crippen molar-refractivity contribution in [1.29, 1.82) is 0 Å². The predicted octanol–water partition coefficient (Wildman–Crippen LogP) is 3.02. The molecule has 220 valence electrons. The minimum absolute atomic E-state index is 0.0106. The van der Waals surface area contributed by atoms with E-state index < -0.39 is 47.2 Å². The Balaban J connectivity index is 1.65. The molecule has 1 aliphatic carbocycles.